The minimum atomic E-state index is 0.0283. The lowest BCUT2D eigenvalue weighted by molar-refractivity contribution is -0.121. The molecule has 1 amide bonds. The molecule has 2 aromatic heterocycles. The van der Waals surface area contributed by atoms with Gasteiger partial charge in [0, 0.05) is 17.1 Å². The van der Waals surface area contributed by atoms with Gasteiger partial charge in [0.2, 0.25) is 5.91 Å². The molecule has 2 heterocycles. The maximum atomic E-state index is 12.2. The highest BCUT2D eigenvalue weighted by molar-refractivity contribution is 7.10. The van der Waals surface area contributed by atoms with Gasteiger partial charge < -0.3 is 10.6 Å². The topological polar surface area (TPSA) is 59.0 Å². The molecule has 0 aromatic carbocycles. The van der Waals surface area contributed by atoms with Crippen molar-refractivity contribution in [2.24, 2.45) is 5.92 Å². The number of aryl methyl sites for hydroxylation is 1. The van der Waals surface area contributed by atoms with Crippen LogP contribution in [0.15, 0.2) is 29.9 Å². The van der Waals surface area contributed by atoms with Crippen molar-refractivity contribution < 1.29 is 4.79 Å². The molecule has 2 N–H and O–H groups in total. The molecule has 0 saturated heterocycles. The number of thiophene rings is 1. The quantitative estimate of drug-likeness (QED) is 0.780. The molecule has 2 unspecified atom stereocenters. The Hall–Kier alpha value is -1.66. The third-order valence-corrected chi connectivity index (χ3v) is 4.62. The molecule has 0 aliphatic heterocycles. The first kappa shape index (κ1) is 17.7. The van der Waals surface area contributed by atoms with Crippen LogP contribution < -0.4 is 10.6 Å². The largest absolute Gasteiger partial charge is 0.347 e. The van der Waals surface area contributed by atoms with Gasteiger partial charge in [-0.25, -0.2) is 0 Å². The van der Waals surface area contributed by atoms with Crippen LogP contribution in [0, 0.1) is 12.8 Å². The van der Waals surface area contributed by atoms with Crippen LogP contribution in [-0.2, 0) is 11.3 Å². The molecule has 2 aromatic rings. The van der Waals surface area contributed by atoms with Crippen LogP contribution in [0.3, 0.4) is 0 Å². The molecular weight excluding hydrogens is 308 g/mol. The highest BCUT2D eigenvalue weighted by Gasteiger charge is 2.19. The van der Waals surface area contributed by atoms with Crippen molar-refractivity contribution in [3.63, 3.8) is 0 Å². The Labute approximate surface area is 142 Å². The van der Waals surface area contributed by atoms with E-state index in [1.807, 2.05) is 35.4 Å². The number of hydrogen-bond acceptors (Lipinski definition) is 4. The van der Waals surface area contributed by atoms with E-state index in [1.165, 1.54) is 4.88 Å². The van der Waals surface area contributed by atoms with Gasteiger partial charge in [-0.1, -0.05) is 19.9 Å². The molecule has 0 aliphatic rings. The number of rotatable bonds is 8. The van der Waals surface area contributed by atoms with E-state index >= 15 is 0 Å². The second kappa shape index (κ2) is 8.26. The van der Waals surface area contributed by atoms with E-state index < -0.39 is 0 Å². The summed E-state index contributed by atoms with van der Waals surface area (Å²) in [5.74, 6) is 0.391. The Morgan fingerprint density at radius 3 is 2.74 bits per heavy atom. The Bertz CT molecular complexity index is 606. The van der Waals surface area contributed by atoms with Gasteiger partial charge in [0.1, 0.15) is 0 Å². The Morgan fingerprint density at radius 2 is 2.17 bits per heavy atom. The van der Waals surface area contributed by atoms with Gasteiger partial charge in [0.25, 0.3) is 0 Å². The molecule has 2 atom stereocenters. The highest BCUT2D eigenvalue weighted by atomic mass is 32.1. The average molecular weight is 334 g/mol. The number of nitrogens with one attached hydrogen (secondary N) is 2. The van der Waals surface area contributed by atoms with E-state index in [-0.39, 0.29) is 18.0 Å². The third kappa shape index (κ3) is 5.48. The normalized spacial score (nSPS) is 14.0. The molecule has 6 heteroatoms. The van der Waals surface area contributed by atoms with Crippen molar-refractivity contribution in [3.8, 4) is 0 Å². The monoisotopic (exact) mass is 334 g/mol. The summed E-state index contributed by atoms with van der Waals surface area (Å²) in [5.41, 5.74) is 1.14. The number of nitrogens with zero attached hydrogens (tertiary/aromatic N) is 2. The minimum absolute atomic E-state index is 0.0283. The summed E-state index contributed by atoms with van der Waals surface area (Å²) in [5, 5.41) is 12.7. The molecule has 0 spiro atoms. The minimum Gasteiger partial charge on any atom is -0.347 e. The van der Waals surface area contributed by atoms with Crippen molar-refractivity contribution in [2.75, 3.05) is 6.54 Å². The fourth-order valence-corrected chi connectivity index (χ4v) is 3.39. The van der Waals surface area contributed by atoms with Crippen molar-refractivity contribution in [1.29, 1.82) is 0 Å². The van der Waals surface area contributed by atoms with Gasteiger partial charge in [-0.15, -0.1) is 11.3 Å². The number of hydrogen-bond donors (Lipinski definition) is 2. The fourth-order valence-electron chi connectivity index (χ4n) is 2.44. The lowest BCUT2D eigenvalue weighted by atomic mass is 10.0. The van der Waals surface area contributed by atoms with Crippen molar-refractivity contribution in [2.45, 2.75) is 46.3 Å². The first-order valence-corrected chi connectivity index (χ1v) is 8.89. The maximum absolute atomic E-state index is 12.2. The predicted molar refractivity (Wildman–Crippen MR) is 94.5 cm³/mol. The lowest BCUT2D eigenvalue weighted by Gasteiger charge is -2.22. The second-order valence-corrected chi connectivity index (χ2v) is 7.31. The Balaban J connectivity index is 1.79. The number of carbonyl (C=O) groups is 1. The van der Waals surface area contributed by atoms with E-state index in [0.717, 1.165) is 12.1 Å². The van der Waals surface area contributed by atoms with E-state index in [9.17, 15) is 4.79 Å². The predicted octanol–water partition coefficient (Wildman–Crippen LogP) is 2.74. The van der Waals surface area contributed by atoms with Crippen LogP contribution in [0.25, 0.3) is 0 Å². The van der Waals surface area contributed by atoms with Gasteiger partial charge in [-0.2, -0.15) is 5.10 Å². The first-order chi connectivity index (χ1) is 11.0. The molecule has 2 rings (SSSR count). The van der Waals surface area contributed by atoms with E-state index in [4.69, 9.17) is 0 Å². The Morgan fingerprint density at radius 1 is 1.39 bits per heavy atom. The van der Waals surface area contributed by atoms with Crippen LogP contribution in [0.5, 0.6) is 0 Å². The van der Waals surface area contributed by atoms with Gasteiger partial charge in [0.05, 0.1) is 25.3 Å². The first-order valence-electron chi connectivity index (χ1n) is 8.01. The number of amides is 1. The zero-order chi connectivity index (χ0) is 16.8. The molecule has 0 radical (unpaired) electrons. The molecule has 23 heavy (non-hydrogen) atoms. The zero-order valence-electron chi connectivity index (χ0n) is 14.2. The standard InChI is InChI=1S/C17H26N4OS/c1-12(2)17(15-6-5-7-23-15)20-16(22)9-18-14(4)11-21-10-13(3)8-19-21/h5-8,10,12,14,17-18H,9,11H2,1-4H3,(H,20,22). The molecule has 5 nitrogen and oxygen atoms in total. The van der Waals surface area contributed by atoms with Crippen molar-refractivity contribution in [3.05, 3.63) is 40.3 Å². The molecule has 0 saturated carbocycles. The molecule has 0 aliphatic carbocycles. The van der Waals surface area contributed by atoms with Gasteiger partial charge in [-0.3, -0.25) is 9.48 Å². The molecule has 126 valence electrons. The smallest absolute Gasteiger partial charge is 0.234 e. The summed E-state index contributed by atoms with van der Waals surface area (Å²) in [7, 11) is 0. The van der Waals surface area contributed by atoms with Crippen molar-refractivity contribution >= 4 is 17.2 Å². The average Bonchev–Trinajstić information content (AvgIpc) is 3.14. The SMILES string of the molecule is Cc1cnn(CC(C)NCC(=O)NC(c2cccs2)C(C)C)c1. The second-order valence-electron chi connectivity index (χ2n) is 6.33. The van der Waals surface area contributed by atoms with Crippen LogP contribution in [0.1, 0.15) is 37.3 Å². The van der Waals surface area contributed by atoms with E-state index in [1.54, 1.807) is 11.3 Å². The van der Waals surface area contributed by atoms with Crippen molar-refractivity contribution in [1.82, 2.24) is 20.4 Å². The zero-order valence-corrected chi connectivity index (χ0v) is 15.1. The molecule has 0 fully saturated rings. The number of aromatic nitrogens is 2. The van der Waals surface area contributed by atoms with E-state index in [0.29, 0.717) is 12.5 Å². The summed E-state index contributed by atoms with van der Waals surface area (Å²) in [6, 6.07) is 4.35. The van der Waals surface area contributed by atoms with Gasteiger partial charge in [-0.05, 0) is 36.8 Å². The highest BCUT2D eigenvalue weighted by Crippen LogP contribution is 2.25. The van der Waals surface area contributed by atoms with Gasteiger partial charge in [0.15, 0.2) is 0 Å². The summed E-state index contributed by atoms with van der Waals surface area (Å²) < 4.78 is 1.90. The van der Waals surface area contributed by atoms with Crippen LogP contribution in [-0.4, -0.2) is 28.3 Å². The van der Waals surface area contributed by atoms with Gasteiger partial charge >= 0.3 is 0 Å². The number of carbonyl (C=O) groups excluding carboxylic acids is 1. The third-order valence-electron chi connectivity index (χ3n) is 3.67. The summed E-state index contributed by atoms with van der Waals surface area (Å²) >= 11 is 1.68. The lowest BCUT2D eigenvalue weighted by Crippen LogP contribution is -2.41. The fraction of sp³-hybridized carbons (Fsp3) is 0.529. The van der Waals surface area contributed by atoms with Crippen LogP contribution >= 0.6 is 11.3 Å². The maximum Gasteiger partial charge on any atom is 0.234 e. The van der Waals surface area contributed by atoms with Crippen LogP contribution in [0.4, 0.5) is 0 Å². The molecule has 0 bridgehead atoms. The molecular formula is C17H26N4OS. The van der Waals surface area contributed by atoms with Crippen LogP contribution in [0.2, 0.25) is 0 Å². The summed E-state index contributed by atoms with van der Waals surface area (Å²) in [4.78, 5) is 13.4. The summed E-state index contributed by atoms with van der Waals surface area (Å²) in [6.45, 7) is 9.40. The summed E-state index contributed by atoms with van der Waals surface area (Å²) in [6.07, 6.45) is 3.84. The van der Waals surface area contributed by atoms with E-state index in [2.05, 4.69) is 42.6 Å². The Kier molecular flexibility index (Phi) is 6.36.